The van der Waals surface area contributed by atoms with E-state index in [2.05, 4.69) is 16.3 Å². The molecule has 0 N–H and O–H groups in total. The maximum Gasteiger partial charge on any atom is 0.734 e. The zero-order valence-electron chi connectivity index (χ0n) is 6.69. The molecule has 0 unspecified atom stereocenters. The molecule has 0 spiro atoms. The lowest BCUT2D eigenvalue weighted by molar-refractivity contribution is -0.970. The van der Waals surface area contributed by atoms with E-state index in [9.17, 15) is 35.1 Å². The van der Waals surface area contributed by atoms with Crippen LogP contribution in [0.2, 0.25) is 0 Å². The quantitative estimate of drug-likeness (QED) is 0.279. The van der Waals surface area contributed by atoms with Crippen molar-refractivity contribution in [1.82, 2.24) is 0 Å². The van der Waals surface area contributed by atoms with Gasteiger partial charge in [0.1, 0.15) is 0 Å². The van der Waals surface area contributed by atoms with Gasteiger partial charge in [0.05, 0.1) is 0 Å². The van der Waals surface area contributed by atoms with Crippen LogP contribution < -0.4 is 0 Å². The maximum absolute atomic E-state index is 10.2. The van der Waals surface area contributed by atoms with Crippen LogP contribution in [0.3, 0.4) is 0 Å². The zero-order valence-corrected chi connectivity index (χ0v) is 7.45. The molecule has 0 atom stereocenters. The number of carbonyl (C=O) groups is 1. The Morgan fingerprint density at radius 1 is 1.13 bits per heavy atom. The fraction of sp³-hybridized carbons (Fsp3) is 0.667. The van der Waals surface area contributed by atoms with Crippen molar-refractivity contribution in [3.63, 3.8) is 0 Å². The predicted octanol–water partition coefficient (Wildman–Crippen LogP) is -0.154. The van der Waals surface area contributed by atoms with Gasteiger partial charge in [-0.15, -0.1) is 0 Å². The molecule has 0 heterocycles. The van der Waals surface area contributed by atoms with Gasteiger partial charge in [0.15, 0.2) is 14.8 Å². The molecule has 0 aromatic carbocycles. The molecule has 0 saturated carbocycles. The molecule has 0 saturated heterocycles. The molecule has 0 amide bonds. The molecular formula is C3H2ClN3O8. The Balaban J connectivity index is 5.15. The topological polar surface area (TPSA) is 156 Å². The Morgan fingerprint density at radius 2 is 1.47 bits per heavy atom. The first-order valence-electron chi connectivity index (χ1n) is 3.01. The van der Waals surface area contributed by atoms with Gasteiger partial charge in [0.25, 0.3) is 0 Å². The van der Waals surface area contributed by atoms with Crippen molar-refractivity contribution in [3.8, 4) is 0 Å². The summed E-state index contributed by atoms with van der Waals surface area (Å²) < 4.78 is 3.69. The number of hydrogen-bond donors (Lipinski definition) is 0. The first-order valence-corrected chi connectivity index (χ1v) is 3.38. The van der Waals surface area contributed by atoms with Crippen molar-refractivity contribution in [2.45, 2.75) is 5.79 Å². The second-order valence-electron chi connectivity index (χ2n) is 2.07. The van der Waals surface area contributed by atoms with Gasteiger partial charge in [0.2, 0.25) is 0 Å². The number of ether oxygens (including phenoxy) is 1. The fourth-order valence-corrected chi connectivity index (χ4v) is 0.566. The lowest BCUT2D eigenvalue weighted by Crippen LogP contribution is -2.56. The lowest BCUT2D eigenvalue weighted by atomic mass is 10.4. The van der Waals surface area contributed by atoms with E-state index >= 15 is 0 Å². The molecule has 0 aliphatic heterocycles. The first kappa shape index (κ1) is 13.0. The van der Waals surface area contributed by atoms with Gasteiger partial charge in [-0.3, -0.25) is 30.3 Å². The molecule has 0 rings (SSSR count). The number of nitro groups is 3. The minimum absolute atomic E-state index is 1.62. The van der Waals surface area contributed by atoms with E-state index in [-0.39, 0.29) is 0 Å². The average molecular weight is 244 g/mol. The van der Waals surface area contributed by atoms with E-state index in [0.29, 0.717) is 0 Å². The maximum atomic E-state index is 10.2. The van der Waals surface area contributed by atoms with Crippen LogP contribution in [0.25, 0.3) is 0 Å². The third-order valence-corrected chi connectivity index (χ3v) is 1.37. The van der Waals surface area contributed by atoms with Crippen molar-refractivity contribution in [2.75, 3.05) is 6.61 Å². The van der Waals surface area contributed by atoms with Gasteiger partial charge in [-0.1, -0.05) is 0 Å². The summed E-state index contributed by atoms with van der Waals surface area (Å²) in [6.45, 7) is -1.69. The number of carbonyl (C=O) groups excluding carboxylic acids is 1. The summed E-state index contributed by atoms with van der Waals surface area (Å²) in [6.07, 6.45) is 0. The van der Waals surface area contributed by atoms with Crippen molar-refractivity contribution in [3.05, 3.63) is 30.3 Å². The Kier molecular flexibility index (Phi) is 3.85. The molecule has 11 nitrogen and oxygen atoms in total. The molecule has 0 radical (unpaired) electrons. The predicted molar refractivity (Wildman–Crippen MR) is 40.9 cm³/mol. The summed E-state index contributed by atoms with van der Waals surface area (Å²) in [5.41, 5.74) is -1.62. The molecule has 0 aromatic rings. The SMILES string of the molecule is O=C(Cl)OCC([N+](=O)[O-])([N+](=O)[O-])[N+](=O)[O-]. The fourth-order valence-electron chi connectivity index (χ4n) is 0.512. The average Bonchev–Trinajstić information content (AvgIpc) is 2.02. The van der Waals surface area contributed by atoms with Crippen molar-refractivity contribution in [2.24, 2.45) is 0 Å². The van der Waals surface area contributed by atoms with Gasteiger partial charge in [-0.25, -0.2) is 4.79 Å². The highest BCUT2D eigenvalue weighted by Crippen LogP contribution is 2.13. The number of hydrogen-bond acceptors (Lipinski definition) is 8. The lowest BCUT2D eigenvalue weighted by Gasteiger charge is -2.07. The number of rotatable bonds is 5. The number of halogens is 1. The van der Waals surface area contributed by atoms with Gasteiger partial charge in [0, 0.05) is 11.6 Å². The second kappa shape index (κ2) is 4.45. The molecule has 0 bridgehead atoms. The van der Waals surface area contributed by atoms with E-state index in [4.69, 9.17) is 0 Å². The summed E-state index contributed by atoms with van der Waals surface area (Å²) in [5.74, 6) is -3.83. The second-order valence-corrected chi connectivity index (χ2v) is 2.38. The van der Waals surface area contributed by atoms with Crippen molar-refractivity contribution < 1.29 is 24.3 Å². The summed E-state index contributed by atoms with van der Waals surface area (Å²) in [7, 11) is 0. The Hall–Kier alpha value is -2.04. The smallest absolute Gasteiger partial charge is 0.428 e. The van der Waals surface area contributed by atoms with Gasteiger partial charge in [-0.05, 0) is 0 Å². The van der Waals surface area contributed by atoms with Crippen LogP contribution in [0, 0.1) is 30.3 Å². The largest absolute Gasteiger partial charge is 0.734 e. The zero-order chi connectivity index (χ0) is 12.2. The standard InChI is InChI=1S/C3H2ClN3O8/c4-2(8)15-1-3(5(9)10,6(11)12)7(13)14/h1H2. The molecule has 0 fully saturated rings. The highest BCUT2D eigenvalue weighted by Gasteiger charge is 2.72. The van der Waals surface area contributed by atoms with Crippen molar-refractivity contribution >= 4 is 17.0 Å². The molecule has 0 aromatic heterocycles. The molecule has 0 aliphatic rings. The van der Waals surface area contributed by atoms with E-state index in [1.54, 1.807) is 0 Å². The van der Waals surface area contributed by atoms with Crippen LogP contribution in [0.15, 0.2) is 0 Å². The Labute approximate surface area is 85.0 Å². The van der Waals surface area contributed by atoms with Gasteiger partial charge < -0.3 is 4.74 Å². The van der Waals surface area contributed by atoms with Crippen LogP contribution in [0.1, 0.15) is 0 Å². The van der Waals surface area contributed by atoms with Crippen LogP contribution in [0.5, 0.6) is 0 Å². The minimum atomic E-state index is -3.83. The summed E-state index contributed by atoms with van der Waals surface area (Å²) in [5, 5.41) is 30.6. The molecule has 15 heavy (non-hydrogen) atoms. The van der Waals surface area contributed by atoms with E-state index < -0.39 is 32.6 Å². The molecule has 12 heteroatoms. The molecule has 0 aliphatic carbocycles. The van der Waals surface area contributed by atoms with Crippen LogP contribution in [-0.4, -0.2) is 32.6 Å². The van der Waals surface area contributed by atoms with E-state index in [1.165, 1.54) is 0 Å². The van der Waals surface area contributed by atoms with Crippen molar-refractivity contribution in [1.29, 1.82) is 0 Å². The number of nitrogens with zero attached hydrogens (tertiary/aromatic N) is 3. The Morgan fingerprint density at radius 3 is 1.67 bits per heavy atom. The normalized spacial score (nSPS) is 10.5. The summed E-state index contributed by atoms with van der Waals surface area (Å²) >= 11 is 4.57. The third kappa shape index (κ3) is 2.46. The minimum Gasteiger partial charge on any atom is -0.428 e. The van der Waals surface area contributed by atoms with Crippen LogP contribution in [-0.2, 0) is 4.74 Å². The summed E-state index contributed by atoms with van der Waals surface area (Å²) in [4.78, 5) is 35.3. The highest BCUT2D eigenvalue weighted by molar-refractivity contribution is 6.61. The van der Waals surface area contributed by atoms with E-state index in [1.807, 2.05) is 0 Å². The van der Waals surface area contributed by atoms with Gasteiger partial charge in [-0.2, -0.15) is 0 Å². The molecular weight excluding hydrogens is 241 g/mol. The van der Waals surface area contributed by atoms with Crippen LogP contribution in [0.4, 0.5) is 4.79 Å². The van der Waals surface area contributed by atoms with E-state index in [0.717, 1.165) is 0 Å². The highest BCUT2D eigenvalue weighted by atomic mass is 35.5. The van der Waals surface area contributed by atoms with Gasteiger partial charge >= 0.3 is 17.8 Å². The first-order chi connectivity index (χ1) is 6.75. The molecule has 84 valence electrons. The monoisotopic (exact) mass is 243 g/mol. The third-order valence-electron chi connectivity index (χ3n) is 1.26. The summed E-state index contributed by atoms with van der Waals surface area (Å²) in [6, 6.07) is 0. The van der Waals surface area contributed by atoms with Crippen LogP contribution >= 0.6 is 11.6 Å². The Bertz CT molecular complexity index is 291.